The summed E-state index contributed by atoms with van der Waals surface area (Å²) in [4.78, 5) is 26.7. The van der Waals surface area contributed by atoms with Gasteiger partial charge in [-0.05, 0) is 23.3 Å². The minimum absolute atomic E-state index is 0.110. The molecule has 12 nitrogen and oxygen atoms in total. The zero-order chi connectivity index (χ0) is 26.4. The number of hydrogen-bond acceptors (Lipinski definition) is 11. The van der Waals surface area contributed by atoms with E-state index in [0.717, 1.165) is 62.7 Å². The van der Waals surface area contributed by atoms with Crippen LogP contribution in [0.1, 0.15) is 11.1 Å². The Hall–Kier alpha value is -4.23. The first kappa shape index (κ1) is 25.1. The molecule has 0 amide bonds. The topological polar surface area (TPSA) is 122 Å². The van der Waals surface area contributed by atoms with Crippen LogP contribution in [0.4, 0.5) is 27.9 Å². The van der Waals surface area contributed by atoms with Gasteiger partial charge in [0.05, 0.1) is 31.1 Å². The second-order valence-electron chi connectivity index (χ2n) is 9.55. The molecule has 6 rings (SSSR count). The molecule has 5 heterocycles. The van der Waals surface area contributed by atoms with E-state index in [0.29, 0.717) is 30.8 Å². The summed E-state index contributed by atoms with van der Waals surface area (Å²) < 4.78 is 20.8. The van der Waals surface area contributed by atoms with Gasteiger partial charge in [-0.15, -0.1) is 0 Å². The fourth-order valence-corrected chi connectivity index (χ4v) is 4.65. The van der Waals surface area contributed by atoms with Crippen molar-refractivity contribution in [3.8, 4) is 0 Å². The summed E-state index contributed by atoms with van der Waals surface area (Å²) in [6.07, 6.45) is 9.64. The lowest BCUT2D eigenvalue weighted by molar-refractivity contribution is 0.0161. The number of halogens is 1. The van der Waals surface area contributed by atoms with Crippen LogP contribution in [0.25, 0.3) is 0 Å². The van der Waals surface area contributed by atoms with E-state index in [1.54, 1.807) is 18.3 Å². The van der Waals surface area contributed by atoms with Crippen molar-refractivity contribution in [3.05, 3.63) is 72.3 Å². The monoisotopic (exact) mass is 531 g/mol. The molecule has 0 aliphatic carbocycles. The standard InChI is InChI=1S/C26H30FN11O/c27-21-3-1-19(2-4-21)11-20-12-29-25(30-13-20)36-6-8-37(9-7-36)26-32-18-31-24(35-26)34-22-14-33-38(16-22)17-23-15-28-5-10-39-23/h1-4,12-14,16,18,23,28H,5-11,15,17H2,(H,31,32,34,35). The van der Waals surface area contributed by atoms with E-state index in [-0.39, 0.29) is 11.9 Å². The van der Waals surface area contributed by atoms with Gasteiger partial charge in [0.15, 0.2) is 0 Å². The molecule has 13 heteroatoms. The van der Waals surface area contributed by atoms with Crippen LogP contribution in [0.15, 0.2) is 55.4 Å². The van der Waals surface area contributed by atoms with Crippen molar-refractivity contribution >= 4 is 23.5 Å². The van der Waals surface area contributed by atoms with E-state index < -0.39 is 0 Å². The smallest absolute Gasteiger partial charge is 0.232 e. The van der Waals surface area contributed by atoms with E-state index >= 15 is 0 Å². The number of rotatable bonds is 8. The number of hydrogen-bond donors (Lipinski definition) is 2. The number of ether oxygens (including phenoxy) is 1. The Kier molecular flexibility index (Phi) is 7.50. The summed E-state index contributed by atoms with van der Waals surface area (Å²) in [5.41, 5.74) is 2.81. The van der Waals surface area contributed by atoms with E-state index in [1.165, 1.54) is 18.5 Å². The van der Waals surface area contributed by atoms with Crippen LogP contribution in [0.2, 0.25) is 0 Å². The molecule has 0 spiro atoms. The lowest BCUT2D eigenvalue weighted by Gasteiger charge is -2.34. The van der Waals surface area contributed by atoms with Gasteiger partial charge >= 0.3 is 0 Å². The normalized spacial score (nSPS) is 17.8. The number of anilines is 4. The molecule has 0 radical (unpaired) electrons. The first-order chi connectivity index (χ1) is 19.2. The number of morpholine rings is 1. The van der Waals surface area contributed by atoms with Gasteiger partial charge < -0.3 is 25.2 Å². The molecule has 1 atom stereocenters. The van der Waals surface area contributed by atoms with E-state index in [4.69, 9.17) is 4.74 Å². The van der Waals surface area contributed by atoms with Gasteiger partial charge in [-0.25, -0.2) is 24.3 Å². The second kappa shape index (κ2) is 11.7. The van der Waals surface area contributed by atoms with Crippen molar-refractivity contribution in [3.63, 3.8) is 0 Å². The molecule has 4 aromatic rings. The largest absolute Gasteiger partial charge is 0.374 e. The highest BCUT2D eigenvalue weighted by molar-refractivity contribution is 5.51. The van der Waals surface area contributed by atoms with Gasteiger partial charge in [-0.2, -0.15) is 10.1 Å². The first-order valence-corrected chi connectivity index (χ1v) is 13.0. The van der Waals surface area contributed by atoms with Crippen molar-refractivity contribution in [2.45, 2.75) is 19.1 Å². The molecule has 2 fully saturated rings. The zero-order valence-electron chi connectivity index (χ0n) is 21.4. The summed E-state index contributed by atoms with van der Waals surface area (Å²) in [7, 11) is 0. The summed E-state index contributed by atoms with van der Waals surface area (Å²) in [6, 6.07) is 6.50. The Morgan fingerprint density at radius 1 is 0.923 bits per heavy atom. The van der Waals surface area contributed by atoms with Gasteiger partial charge in [0.2, 0.25) is 17.8 Å². The van der Waals surface area contributed by atoms with Crippen molar-refractivity contribution in [1.29, 1.82) is 0 Å². The third kappa shape index (κ3) is 6.44. The van der Waals surface area contributed by atoms with Crippen LogP contribution < -0.4 is 20.4 Å². The molecular formula is C26H30FN11O. The Labute approximate surface area is 225 Å². The van der Waals surface area contributed by atoms with Gasteiger partial charge in [0.25, 0.3) is 0 Å². The van der Waals surface area contributed by atoms with Crippen LogP contribution in [-0.4, -0.2) is 86.7 Å². The molecule has 39 heavy (non-hydrogen) atoms. The number of aromatic nitrogens is 7. The Morgan fingerprint density at radius 3 is 2.44 bits per heavy atom. The molecule has 3 aromatic heterocycles. The molecule has 2 aliphatic heterocycles. The molecule has 1 aromatic carbocycles. The number of nitrogens with one attached hydrogen (secondary N) is 2. The van der Waals surface area contributed by atoms with Gasteiger partial charge in [-0.3, -0.25) is 4.68 Å². The number of benzene rings is 1. The van der Waals surface area contributed by atoms with Gasteiger partial charge in [0.1, 0.15) is 12.1 Å². The fraction of sp³-hybridized carbons (Fsp3) is 0.385. The van der Waals surface area contributed by atoms with Crippen molar-refractivity contribution in [2.24, 2.45) is 0 Å². The summed E-state index contributed by atoms with van der Waals surface area (Å²) in [5, 5.41) is 11.0. The van der Waals surface area contributed by atoms with Crippen LogP contribution in [0, 0.1) is 5.82 Å². The Bertz CT molecular complexity index is 1350. The second-order valence-corrected chi connectivity index (χ2v) is 9.55. The number of piperazine rings is 1. The minimum Gasteiger partial charge on any atom is -0.374 e. The van der Waals surface area contributed by atoms with E-state index in [1.807, 2.05) is 23.3 Å². The number of nitrogens with zero attached hydrogens (tertiary/aromatic N) is 9. The van der Waals surface area contributed by atoms with E-state index in [2.05, 4.69) is 50.5 Å². The third-order valence-electron chi connectivity index (χ3n) is 6.70. The summed E-state index contributed by atoms with van der Waals surface area (Å²) in [5.74, 6) is 1.55. The SMILES string of the molecule is Fc1ccc(Cc2cnc(N3CCN(c4ncnc(Nc5cnn(CC6CNCCO6)c5)n4)CC3)nc2)cc1. The lowest BCUT2D eigenvalue weighted by Crippen LogP contribution is -2.47. The molecule has 1 unspecified atom stereocenters. The van der Waals surface area contributed by atoms with Gasteiger partial charge in [-0.1, -0.05) is 12.1 Å². The third-order valence-corrected chi connectivity index (χ3v) is 6.70. The summed E-state index contributed by atoms with van der Waals surface area (Å²) >= 11 is 0. The highest BCUT2D eigenvalue weighted by atomic mass is 19.1. The molecule has 202 valence electrons. The maximum Gasteiger partial charge on any atom is 0.232 e. The van der Waals surface area contributed by atoms with Crippen molar-refractivity contribution in [1.82, 2.24) is 40.0 Å². The van der Waals surface area contributed by atoms with Crippen LogP contribution in [0.3, 0.4) is 0 Å². The molecule has 2 N–H and O–H groups in total. The van der Waals surface area contributed by atoms with Gasteiger partial charge in [0, 0.05) is 64.3 Å². The van der Waals surface area contributed by atoms with Crippen molar-refractivity contribution in [2.75, 3.05) is 61.0 Å². The average Bonchev–Trinajstić information content (AvgIpc) is 3.42. The average molecular weight is 532 g/mol. The van der Waals surface area contributed by atoms with Crippen LogP contribution in [0.5, 0.6) is 0 Å². The predicted molar refractivity (Wildman–Crippen MR) is 144 cm³/mol. The lowest BCUT2D eigenvalue weighted by atomic mass is 10.1. The molecular weight excluding hydrogens is 501 g/mol. The Balaban J connectivity index is 1.01. The molecule has 0 bridgehead atoms. The molecule has 2 aliphatic rings. The zero-order valence-corrected chi connectivity index (χ0v) is 21.4. The quantitative estimate of drug-likeness (QED) is 0.345. The van der Waals surface area contributed by atoms with Crippen molar-refractivity contribution < 1.29 is 9.13 Å². The minimum atomic E-state index is -0.236. The fourth-order valence-electron chi connectivity index (χ4n) is 4.65. The molecule has 2 saturated heterocycles. The highest BCUT2D eigenvalue weighted by Crippen LogP contribution is 2.18. The van der Waals surface area contributed by atoms with E-state index in [9.17, 15) is 4.39 Å². The summed E-state index contributed by atoms with van der Waals surface area (Å²) in [6.45, 7) is 6.07. The molecule has 0 saturated carbocycles. The predicted octanol–water partition coefficient (Wildman–Crippen LogP) is 1.65. The van der Waals surface area contributed by atoms with Crippen LogP contribution in [-0.2, 0) is 17.7 Å². The van der Waals surface area contributed by atoms with Crippen LogP contribution >= 0.6 is 0 Å². The first-order valence-electron chi connectivity index (χ1n) is 13.0. The maximum atomic E-state index is 13.1. The highest BCUT2D eigenvalue weighted by Gasteiger charge is 2.21. The Morgan fingerprint density at radius 2 is 1.69 bits per heavy atom. The maximum absolute atomic E-state index is 13.1.